The topological polar surface area (TPSA) is 103 Å². The molecule has 1 saturated carbocycles. The van der Waals surface area contributed by atoms with Crippen molar-refractivity contribution >= 4 is 11.7 Å². The largest absolute Gasteiger partial charge is 0.474 e. The lowest BCUT2D eigenvalue weighted by molar-refractivity contribution is 0.0994. The van der Waals surface area contributed by atoms with E-state index in [4.69, 9.17) is 16.2 Å². The second kappa shape index (κ2) is 7.35. The highest BCUT2D eigenvalue weighted by atomic mass is 19.1. The highest BCUT2D eigenvalue weighted by Crippen LogP contribution is 2.26. The van der Waals surface area contributed by atoms with Crippen LogP contribution in [-0.4, -0.2) is 36.3 Å². The molecule has 0 bridgehead atoms. The monoisotopic (exact) mass is 314 g/mol. The van der Waals surface area contributed by atoms with E-state index < -0.39 is 18.4 Å². The summed E-state index contributed by atoms with van der Waals surface area (Å²) < 4.78 is 31.3. The number of nitrogens with two attached hydrogens (primary N) is 2. The Morgan fingerprint density at radius 2 is 2.09 bits per heavy atom. The molecule has 1 aliphatic rings. The summed E-state index contributed by atoms with van der Waals surface area (Å²) in [5.41, 5.74) is 10.8. The quantitative estimate of drug-likeness (QED) is 0.735. The third kappa shape index (κ3) is 4.03. The van der Waals surface area contributed by atoms with Gasteiger partial charge in [-0.2, -0.15) is 4.98 Å². The van der Waals surface area contributed by atoms with E-state index in [0.717, 1.165) is 31.7 Å². The summed E-state index contributed by atoms with van der Waals surface area (Å²) in [5.74, 6) is -1.77. The number of carbonyl (C=O) groups is 1. The second-order valence-corrected chi connectivity index (χ2v) is 5.33. The lowest BCUT2D eigenvalue weighted by atomic mass is 9.92. The van der Waals surface area contributed by atoms with Gasteiger partial charge >= 0.3 is 0 Å². The van der Waals surface area contributed by atoms with Crippen molar-refractivity contribution in [1.82, 2.24) is 4.98 Å². The summed E-state index contributed by atoms with van der Waals surface area (Å²) in [6.07, 6.45) is 3.31. The van der Waals surface area contributed by atoms with E-state index in [2.05, 4.69) is 10.3 Å². The highest BCUT2D eigenvalue weighted by Gasteiger charge is 2.22. The summed E-state index contributed by atoms with van der Waals surface area (Å²) in [7, 11) is 0. The Balaban J connectivity index is 2.18. The highest BCUT2D eigenvalue weighted by molar-refractivity contribution is 5.95. The molecule has 1 aliphatic carbocycles. The first-order valence-corrected chi connectivity index (χ1v) is 7.22. The molecule has 5 N–H and O–H groups in total. The summed E-state index contributed by atoms with van der Waals surface area (Å²) in [5, 5.41) is 2.99. The number of hydrogen-bond acceptors (Lipinski definition) is 5. The maximum absolute atomic E-state index is 14.1. The standard InChI is InChI=1S/C14H20F2N4O2/c15-5-6-22-14-10(12(18)21)7-11(16)13(20-14)19-9-3-1-8(17)2-4-9/h7-9H,1-6,17H2,(H2,18,21)(H,19,20). The van der Waals surface area contributed by atoms with Crippen LogP contribution < -0.4 is 21.5 Å². The second-order valence-electron chi connectivity index (χ2n) is 5.33. The molecule has 1 aromatic heterocycles. The number of rotatable bonds is 6. The third-order valence-corrected chi connectivity index (χ3v) is 3.64. The number of pyridine rings is 1. The number of halogens is 2. The molecular weight excluding hydrogens is 294 g/mol. The van der Waals surface area contributed by atoms with Gasteiger partial charge in [0.25, 0.3) is 5.91 Å². The van der Waals surface area contributed by atoms with Crippen molar-refractivity contribution in [3.63, 3.8) is 0 Å². The summed E-state index contributed by atoms with van der Waals surface area (Å²) in [4.78, 5) is 15.2. The van der Waals surface area contributed by atoms with Gasteiger partial charge in [-0.1, -0.05) is 0 Å². The van der Waals surface area contributed by atoms with Gasteiger partial charge in [-0.05, 0) is 31.7 Å². The Labute approximate surface area is 127 Å². The molecule has 22 heavy (non-hydrogen) atoms. The van der Waals surface area contributed by atoms with E-state index in [1.807, 2.05) is 0 Å². The maximum Gasteiger partial charge on any atom is 0.254 e. The molecule has 6 nitrogen and oxygen atoms in total. The Morgan fingerprint density at radius 1 is 1.41 bits per heavy atom. The first-order valence-electron chi connectivity index (χ1n) is 7.22. The number of anilines is 1. The Morgan fingerprint density at radius 3 is 2.68 bits per heavy atom. The Hall–Kier alpha value is -1.96. The van der Waals surface area contributed by atoms with E-state index in [9.17, 15) is 13.6 Å². The van der Waals surface area contributed by atoms with Crippen molar-refractivity contribution in [2.75, 3.05) is 18.6 Å². The number of primary amides is 1. The molecule has 1 heterocycles. The molecule has 0 atom stereocenters. The number of nitrogens with zero attached hydrogens (tertiary/aromatic N) is 1. The molecule has 1 aromatic rings. The zero-order valence-electron chi connectivity index (χ0n) is 12.1. The smallest absolute Gasteiger partial charge is 0.254 e. The third-order valence-electron chi connectivity index (χ3n) is 3.64. The molecule has 0 saturated heterocycles. The summed E-state index contributed by atoms with van der Waals surface area (Å²) >= 11 is 0. The van der Waals surface area contributed by atoms with E-state index in [-0.39, 0.29) is 36.0 Å². The number of hydrogen-bond donors (Lipinski definition) is 3. The first-order chi connectivity index (χ1) is 10.5. The average Bonchev–Trinajstić information content (AvgIpc) is 2.49. The van der Waals surface area contributed by atoms with Crippen LogP contribution in [0.25, 0.3) is 0 Å². The minimum Gasteiger partial charge on any atom is -0.474 e. The molecule has 0 spiro atoms. The lowest BCUT2D eigenvalue weighted by Gasteiger charge is -2.27. The minimum atomic E-state index is -0.879. The minimum absolute atomic E-state index is 0.0284. The van der Waals surface area contributed by atoms with Crippen LogP contribution in [0, 0.1) is 5.82 Å². The molecular formula is C14H20F2N4O2. The molecule has 0 aliphatic heterocycles. The van der Waals surface area contributed by atoms with Gasteiger partial charge in [0.05, 0.1) is 0 Å². The van der Waals surface area contributed by atoms with E-state index >= 15 is 0 Å². The SMILES string of the molecule is NC(=O)c1cc(F)c(NC2CCC(N)CC2)nc1OCCF. The van der Waals surface area contributed by atoms with Crippen LogP contribution in [-0.2, 0) is 0 Å². The molecule has 2 rings (SSSR count). The Kier molecular flexibility index (Phi) is 5.48. The van der Waals surface area contributed by atoms with Crippen molar-refractivity contribution in [1.29, 1.82) is 0 Å². The van der Waals surface area contributed by atoms with Crippen LogP contribution in [0.4, 0.5) is 14.6 Å². The first kappa shape index (κ1) is 16.4. The normalized spacial score (nSPS) is 21.4. The van der Waals surface area contributed by atoms with Gasteiger partial charge in [0.1, 0.15) is 18.8 Å². The van der Waals surface area contributed by atoms with Gasteiger partial charge in [0.15, 0.2) is 11.6 Å². The molecule has 1 fully saturated rings. The van der Waals surface area contributed by atoms with Crippen LogP contribution >= 0.6 is 0 Å². The molecule has 122 valence electrons. The van der Waals surface area contributed by atoms with Gasteiger partial charge in [-0.15, -0.1) is 0 Å². The average molecular weight is 314 g/mol. The van der Waals surface area contributed by atoms with Crippen molar-refractivity contribution < 1.29 is 18.3 Å². The van der Waals surface area contributed by atoms with Gasteiger partial charge in [-0.25, -0.2) is 8.78 Å². The number of alkyl halides is 1. The van der Waals surface area contributed by atoms with Crippen LogP contribution in [0.3, 0.4) is 0 Å². The predicted molar refractivity (Wildman–Crippen MR) is 78.0 cm³/mol. The molecule has 8 heteroatoms. The molecule has 1 amide bonds. The number of aromatic nitrogens is 1. The summed E-state index contributed by atoms with van der Waals surface area (Å²) in [6.45, 7) is -1.03. The molecule has 0 unspecified atom stereocenters. The van der Waals surface area contributed by atoms with Crippen molar-refractivity contribution in [3.8, 4) is 5.88 Å². The van der Waals surface area contributed by atoms with E-state index in [1.165, 1.54) is 0 Å². The van der Waals surface area contributed by atoms with Crippen molar-refractivity contribution in [2.45, 2.75) is 37.8 Å². The van der Waals surface area contributed by atoms with Gasteiger partial charge < -0.3 is 21.5 Å². The molecule has 0 radical (unpaired) electrons. The van der Waals surface area contributed by atoms with Crippen LogP contribution in [0.5, 0.6) is 5.88 Å². The zero-order chi connectivity index (χ0) is 16.1. The predicted octanol–water partition coefficient (Wildman–Crippen LogP) is 1.35. The number of ether oxygens (including phenoxy) is 1. The van der Waals surface area contributed by atoms with E-state index in [0.29, 0.717) is 0 Å². The fourth-order valence-electron chi connectivity index (χ4n) is 2.45. The van der Waals surface area contributed by atoms with Gasteiger partial charge in [-0.3, -0.25) is 4.79 Å². The van der Waals surface area contributed by atoms with Gasteiger partial charge in [0.2, 0.25) is 5.88 Å². The zero-order valence-corrected chi connectivity index (χ0v) is 12.1. The lowest BCUT2D eigenvalue weighted by Crippen LogP contribution is -2.33. The fourth-order valence-corrected chi connectivity index (χ4v) is 2.45. The van der Waals surface area contributed by atoms with Crippen molar-refractivity contribution in [2.24, 2.45) is 11.5 Å². The van der Waals surface area contributed by atoms with Crippen molar-refractivity contribution in [3.05, 3.63) is 17.4 Å². The number of amides is 1. The van der Waals surface area contributed by atoms with Crippen LogP contribution in [0.15, 0.2) is 6.07 Å². The summed E-state index contributed by atoms with van der Waals surface area (Å²) in [6, 6.07) is 1.19. The van der Waals surface area contributed by atoms with Gasteiger partial charge in [0, 0.05) is 12.1 Å². The van der Waals surface area contributed by atoms with Crippen LogP contribution in [0.2, 0.25) is 0 Å². The van der Waals surface area contributed by atoms with E-state index in [1.54, 1.807) is 0 Å². The number of carbonyl (C=O) groups excluding carboxylic acids is 1. The number of nitrogens with one attached hydrogen (secondary N) is 1. The fraction of sp³-hybridized carbons (Fsp3) is 0.571. The molecule has 0 aromatic carbocycles. The maximum atomic E-state index is 14.1. The van der Waals surface area contributed by atoms with Crippen LogP contribution in [0.1, 0.15) is 36.0 Å². The Bertz CT molecular complexity index is 534.